The molecule has 1 saturated heterocycles. The number of ether oxygens (including phenoxy) is 2. The SMILES string of the molecule is CC.CNC(=O)c1cc(NC(=O)C2OC(C)CC2C)ccn1.Fc1cccc(OC2CC2)c1. The first-order valence-electron chi connectivity index (χ1n) is 11.4. The summed E-state index contributed by atoms with van der Waals surface area (Å²) >= 11 is 0. The lowest BCUT2D eigenvalue weighted by atomic mass is 10.0. The summed E-state index contributed by atoms with van der Waals surface area (Å²) < 4.78 is 23.5. The molecule has 0 radical (unpaired) electrons. The van der Waals surface area contributed by atoms with Crippen LogP contribution in [0.5, 0.6) is 5.75 Å². The summed E-state index contributed by atoms with van der Waals surface area (Å²) in [6.45, 7) is 7.95. The monoisotopic (exact) mass is 459 g/mol. The highest BCUT2D eigenvalue weighted by atomic mass is 19.1. The molecule has 2 heterocycles. The maximum absolute atomic E-state index is 12.6. The van der Waals surface area contributed by atoms with Gasteiger partial charge in [0.25, 0.3) is 11.8 Å². The predicted octanol–water partition coefficient (Wildman–Crippen LogP) is 4.59. The number of hydrogen-bond donors (Lipinski definition) is 2. The van der Waals surface area contributed by atoms with Crippen molar-refractivity contribution in [3.63, 3.8) is 0 Å². The Kier molecular flexibility index (Phi) is 10.3. The number of nitrogens with one attached hydrogen (secondary N) is 2. The quantitative estimate of drug-likeness (QED) is 0.683. The van der Waals surface area contributed by atoms with Gasteiger partial charge in [0.2, 0.25) is 0 Å². The molecule has 3 unspecified atom stereocenters. The van der Waals surface area contributed by atoms with Crippen LogP contribution in [0.3, 0.4) is 0 Å². The Bertz CT molecular complexity index is 920. The van der Waals surface area contributed by atoms with E-state index >= 15 is 0 Å². The number of anilines is 1. The zero-order valence-corrected chi connectivity index (χ0v) is 19.9. The third-order valence-corrected chi connectivity index (χ3v) is 4.97. The van der Waals surface area contributed by atoms with Crippen LogP contribution < -0.4 is 15.4 Å². The minimum Gasteiger partial charge on any atom is -0.490 e. The van der Waals surface area contributed by atoms with Gasteiger partial charge in [-0.25, -0.2) is 4.39 Å². The fraction of sp³-hybridized carbons (Fsp3) is 0.480. The van der Waals surface area contributed by atoms with Crippen LogP contribution in [-0.4, -0.2) is 42.2 Å². The van der Waals surface area contributed by atoms with Crippen molar-refractivity contribution in [1.29, 1.82) is 0 Å². The number of aromatic nitrogens is 1. The van der Waals surface area contributed by atoms with E-state index in [0.29, 0.717) is 17.5 Å². The normalized spacial score (nSPS) is 21.0. The highest BCUT2D eigenvalue weighted by molar-refractivity contribution is 5.97. The molecule has 1 aliphatic heterocycles. The van der Waals surface area contributed by atoms with Gasteiger partial charge >= 0.3 is 0 Å². The van der Waals surface area contributed by atoms with Crippen molar-refractivity contribution in [2.45, 2.75) is 65.3 Å². The van der Waals surface area contributed by atoms with E-state index in [4.69, 9.17) is 9.47 Å². The molecular formula is C25H34FN3O4. The summed E-state index contributed by atoms with van der Waals surface area (Å²) in [6.07, 6.45) is 4.57. The summed E-state index contributed by atoms with van der Waals surface area (Å²) in [6, 6.07) is 9.46. The van der Waals surface area contributed by atoms with Gasteiger partial charge in [0.1, 0.15) is 23.4 Å². The number of halogens is 1. The highest BCUT2D eigenvalue weighted by Gasteiger charge is 2.35. The van der Waals surface area contributed by atoms with Crippen molar-refractivity contribution in [3.05, 3.63) is 54.1 Å². The standard InChI is InChI=1S/C14H19N3O3.C9H9FO.C2H6/c1-8-6-9(2)20-12(8)14(19)17-10-4-5-16-11(7-10)13(18)15-3;10-7-2-1-3-9(6-7)11-8-4-5-8;1-2/h4-5,7-9,12H,6H2,1-3H3,(H,15,18)(H,16,17,19);1-3,6,8H,4-5H2;1-2H3. The zero-order valence-electron chi connectivity index (χ0n) is 19.9. The first-order valence-corrected chi connectivity index (χ1v) is 11.4. The van der Waals surface area contributed by atoms with Gasteiger partial charge in [0.15, 0.2) is 0 Å². The fourth-order valence-corrected chi connectivity index (χ4v) is 3.30. The Morgan fingerprint density at radius 2 is 1.88 bits per heavy atom. The van der Waals surface area contributed by atoms with Gasteiger partial charge in [-0.05, 0) is 56.4 Å². The molecule has 0 spiro atoms. The van der Waals surface area contributed by atoms with Crippen LogP contribution in [0, 0.1) is 11.7 Å². The first-order chi connectivity index (χ1) is 15.9. The highest BCUT2D eigenvalue weighted by Crippen LogP contribution is 2.27. The number of benzene rings is 1. The minimum atomic E-state index is -0.443. The van der Waals surface area contributed by atoms with Crippen LogP contribution in [0.25, 0.3) is 0 Å². The van der Waals surface area contributed by atoms with Crippen molar-refractivity contribution < 1.29 is 23.5 Å². The molecule has 8 heteroatoms. The van der Waals surface area contributed by atoms with Gasteiger partial charge in [-0.3, -0.25) is 14.6 Å². The molecule has 2 aliphatic rings. The third-order valence-electron chi connectivity index (χ3n) is 4.97. The topological polar surface area (TPSA) is 89.6 Å². The second kappa shape index (κ2) is 12.9. The molecule has 2 amide bonds. The molecule has 1 aromatic heterocycles. The molecule has 0 bridgehead atoms. The van der Waals surface area contributed by atoms with Crippen LogP contribution >= 0.6 is 0 Å². The molecular weight excluding hydrogens is 425 g/mol. The van der Waals surface area contributed by atoms with Crippen LogP contribution in [0.1, 0.15) is 57.4 Å². The molecule has 1 aliphatic carbocycles. The minimum absolute atomic E-state index is 0.0969. The lowest BCUT2D eigenvalue weighted by Crippen LogP contribution is -2.31. The van der Waals surface area contributed by atoms with Crippen molar-refractivity contribution in [2.24, 2.45) is 5.92 Å². The lowest BCUT2D eigenvalue weighted by Gasteiger charge is -2.15. The molecule has 3 atom stereocenters. The second-order valence-electron chi connectivity index (χ2n) is 7.85. The second-order valence-corrected chi connectivity index (χ2v) is 7.85. The van der Waals surface area contributed by atoms with Gasteiger partial charge < -0.3 is 20.1 Å². The number of hydrogen-bond acceptors (Lipinski definition) is 5. The zero-order chi connectivity index (χ0) is 24.4. The summed E-state index contributed by atoms with van der Waals surface area (Å²) in [5.41, 5.74) is 0.804. The maximum Gasteiger partial charge on any atom is 0.269 e. The Morgan fingerprint density at radius 1 is 1.15 bits per heavy atom. The van der Waals surface area contributed by atoms with E-state index in [1.54, 1.807) is 24.3 Å². The average Bonchev–Trinajstić information content (AvgIpc) is 3.55. The summed E-state index contributed by atoms with van der Waals surface area (Å²) in [4.78, 5) is 27.6. The van der Waals surface area contributed by atoms with Crippen molar-refractivity contribution in [3.8, 4) is 5.75 Å². The van der Waals surface area contributed by atoms with E-state index in [1.165, 1.54) is 25.4 Å². The molecule has 2 aromatic rings. The van der Waals surface area contributed by atoms with E-state index in [-0.39, 0.29) is 35.3 Å². The van der Waals surface area contributed by atoms with E-state index in [0.717, 1.165) is 19.3 Å². The number of amides is 2. The van der Waals surface area contributed by atoms with Crippen LogP contribution in [0.2, 0.25) is 0 Å². The Hall–Kier alpha value is -3.00. The van der Waals surface area contributed by atoms with Gasteiger partial charge in [-0.15, -0.1) is 0 Å². The third kappa shape index (κ3) is 8.46. The number of rotatable bonds is 5. The fourth-order valence-electron chi connectivity index (χ4n) is 3.30. The number of pyridine rings is 1. The maximum atomic E-state index is 12.6. The molecule has 7 nitrogen and oxygen atoms in total. The summed E-state index contributed by atoms with van der Waals surface area (Å²) in [5, 5.41) is 5.26. The summed E-state index contributed by atoms with van der Waals surface area (Å²) in [5.74, 6) is 0.122. The van der Waals surface area contributed by atoms with Crippen LogP contribution in [0.15, 0.2) is 42.6 Å². The van der Waals surface area contributed by atoms with Gasteiger partial charge in [0.05, 0.1) is 12.2 Å². The Balaban J connectivity index is 0.000000249. The molecule has 1 saturated carbocycles. The lowest BCUT2D eigenvalue weighted by molar-refractivity contribution is -0.127. The van der Waals surface area contributed by atoms with E-state index in [2.05, 4.69) is 15.6 Å². The Labute approximate surface area is 195 Å². The van der Waals surface area contributed by atoms with Gasteiger partial charge in [-0.2, -0.15) is 0 Å². The van der Waals surface area contributed by atoms with Crippen molar-refractivity contribution in [1.82, 2.24) is 10.3 Å². The molecule has 2 fully saturated rings. The smallest absolute Gasteiger partial charge is 0.269 e. The largest absolute Gasteiger partial charge is 0.490 e. The Morgan fingerprint density at radius 3 is 2.45 bits per heavy atom. The molecule has 2 N–H and O–H groups in total. The van der Waals surface area contributed by atoms with Gasteiger partial charge in [0, 0.05) is 25.0 Å². The summed E-state index contributed by atoms with van der Waals surface area (Å²) in [7, 11) is 1.53. The number of carbonyl (C=O) groups is 2. The number of carbonyl (C=O) groups excluding carboxylic acids is 2. The van der Waals surface area contributed by atoms with Crippen LogP contribution in [-0.2, 0) is 9.53 Å². The molecule has 33 heavy (non-hydrogen) atoms. The van der Waals surface area contributed by atoms with Crippen LogP contribution in [0.4, 0.5) is 10.1 Å². The van der Waals surface area contributed by atoms with Crippen molar-refractivity contribution >= 4 is 17.5 Å². The van der Waals surface area contributed by atoms with Crippen molar-refractivity contribution in [2.75, 3.05) is 12.4 Å². The van der Waals surface area contributed by atoms with E-state index < -0.39 is 6.10 Å². The van der Waals surface area contributed by atoms with E-state index in [1.807, 2.05) is 27.7 Å². The number of nitrogens with zero attached hydrogens (tertiary/aromatic N) is 1. The average molecular weight is 460 g/mol. The predicted molar refractivity (Wildman–Crippen MR) is 126 cm³/mol. The molecule has 4 rings (SSSR count). The van der Waals surface area contributed by atoms with E-state index in [9.17, 15) is 14.0 Å². The molecule has 1 aromatic carbocycles. The first kappa shape index (κ1) is 26.3. The molecule has 180 valence electrons. The van der Waals surface area contributed by atoms with Gasteiger partial charge in [-0.1, -0.05) is 26.8 Å².